The number of hydrogen-bond donors (Lipinski definition) is 2. The zero-order chi connectivity index (χ0) is 12.8. The second-order valence-electron chi connectivity index (χ2n) is 4.19. The summed E-state index contributed by atoms with van der Waals surface area (Å²) in [4.78, 5) is 10.7. The van der Waals surface area contributed by atoms with Crippen molar-refractivity contribution in [2.24, 2.45) is 0 Å². The summed E-state index contributed by atoms with van der Waals surface area (Å²) in [5, 5.41) is 8.73. The molecule has 0 spiro atoms. The molecule has 0 saturated heterocycles. The monoisotopic (exact) mass is 245 g/mol. The van der Waals surface area contributed by atoms with Crippen LogP contribution in [-0.2, 0) is 5.41 Å². The third kappa shape index (κ3) is 1.73. The lowest BCUT2D eigenvalue weighted by molar-refractivity contribution is -0.160. The van der Waals surface area contributed by atoms with E-state index in [0.717, 1.165) is 12.1 Å². The fourth-order valence-corrected chi connectivity index (χ4v) is 1.92. The van der Waals surface area contributed by atoms with Crippen LogP contribution < -0.4 is 5.73 Å². The number of benzene rings is 1. The number of aromatic carboxylic acids is 1. The second-order valence-corrected chi connectivity index (χ2v) is 4.19. The molecule has 1 aliphatic carbocycles. The highest BCUT2D eigenvalue weighted by atomic mass is 19.4. The highest BCUT2D eigenvalue weighted by Gasteiger charge is 2.64. The van der Waals surface area contributed by atoms with Crippen molar-refractivity contribution >= 4 is 11.7 Å². The summed E-state index contributed by atoms with van der Waals surface area (Å²) in [6.07, 6.45) is -4.26. The van der Waals surface area contributed by atoms with Gasteiger partial charge >= 0.3 is 12.1 Å². The molecule has 0 radical (unpaired) electrons. The molecule has 3 N–H and O–H groups in total. The Kier molecular flexibility index (Phi) is 2.34. The minimum absolute atomic E-state index is 0.0301. The minimum Gasteiger partial charge on any atom is -0.478 e. The van der Waals surface area contributed by atoms with Crippen molar-refractivity contribution < 1.29 is 23.1 Å². The molecule has 1 aromatic carbocycles. The zero-order valence-electron chi connectivity index (χ0n) is 8.71. The first-order valence-electron chi connectivity index (χ1n) is 4.98. The van der Waals surface area contributed by atoms with Crippen LogP contribution in [-0.4, -0.2) is 17.3 Å². The summed E-state index contributed by atoms with van der Waals surface area (Å²) >= 11 is 0. The Labute approximate surface area is 95.0 Å². The van der Waals surface area contributed by atoms with Gasteiger partial charge in [-0.15, -0.1) is 0 Å². The average molecular weight is 245 g/mol. The number of carboxylic acids is 1. The largest absolute Gasteiger partial charge is 0.478 e. The quantitative estimate of drug-likeness (QED) is 0.787. The van der Waals surface area contributed by atoms with Gasteiger partial charge in [-0.05, 0) is 30.5 Å². The molecule has 6 heteroatoms. The Hall–Kier alpha value is -1.72. The Balaban J connectivity index is 2.43. The van der Waals surface area contributed by atoms with Crippen molar-refractivity contribution in [3.63, 3.8) is 0 Å². The number of alkyl halides is 3. The van der Waals surface area contributed by atoms with Gasteiger partial charge in [-0.3, -0.25) is 0 Å². The zero-order valence-corrected chi connectivity index (χ0v) is 8.71. The molecular weight excluding hydrogens is 235 g/mol. The third-order valence-corrected chi connectivity index (χ3v) is 3.13. The van der Waals surface area contributed by atoms with Crippen molar-refractivity contribution in [2.75, 3.05) is 5.73 Å². The highest BCUT2D eigenvalue weighted by Crippen LogP contribution is 2.59. The van der Waals surface area contributed by atoms with Gasteiger partial charge in [0.2, 0.25) is 0 Å². The third-order valence-electron chi connectivity index (χ3n) is 3.13. The topological polar surface area (TPSA) is 63.3 Å². The summed E-state index contributed by atoms with van der Waals surface area (Å²) in [7, 11) is 0. The van der Waals surface area contributed by atoms with Crippen LogP contribution in [0.4, 0.5) is 18.9 Å². The van der Waals surface area contributed by atoms with E-state index >= 15 is 0 Å². The van der Waals surface area contributed by atoms with E-state index in [1.807, 2.05) is 0 Å². The Morgan fingerprint density at radius 3 is 2.29 bits per heavy atom. The van der Waals surface area contributed by atoms with Gasteiger partial charge in [-0.2, -0.15) is 13.2 Å². The van der Waals surface area contributed by atoms with E-state index in [0.29, 0.717) is 0 Å². The fourth-order valence-electron chi connectivity index (χ4n) is 1.92. The molecule has 0 amide bonds. The SMILES string of the molecule is Nc1cc(C2(C(F)(F)F)CC2)ccc1C(=O)O. The number of anilines is 1. The molecule has 1 saturated carbocycles. The van der Waals surface area contributed by atoms with E-state index in [1.54, 1.807) is 0 Å². The van der Waals surface area contributed by atoms with Crippen molar-refractivity contribution in [2.45, 2.75) is 24.4 Å². The molecule has 0 aromatic heterocycles. The number of nitrogen functional groups attached to an aromatic ring is 1. The number of nitrogens with two attached hydrogens (primary N) is 1. The maximum Gasteiger partial charge on any atom is 0.398 e. The molecular formula is C11H10F3NO2. The van der Waals surface area contributed by atoms with Gasteiger partial charge in [0.15, 0.2) is 0 Å². The van der Waals surface area contributed by atoms with Crippen molar-refractivity contribution in [3.05, 3.63) is 29.3 Å². The molecule has 1 aliphatic rings. The van der Waals surface area contributed by atoms with E-state index < -0.39 is 17.6 Å². The van der Waals surface area contributed by atoms with Crippen LogP contribution in [0.5, 0.6) is 0 Å². The maximum absolute atomic E-state index is 12.8. The number of rotatable bonds is 2. The molecule has 3 nitrogen and oxygen atoms in total. The van der Waals surface area contributed by atoms with E-state index in [4.69, 9.17) is 10.8 Å². The predicted octanol–water partition coefficient (Wildman–Crippen LogP) is 2.56. The van der Waals surface area contributed by atoms with Crippen LogP contribution in [0, 0.1) is 0 Å². The lowest BCUT2D eigenvalue weighted by atomic mass is 9.93. The number of carbonyl (C=O) groups is 1. The summed E-state index contributed by atoms with van der Waals surface area (Å²) in [6.45, 7) is 0. The molecule has 0 bridgehead atoms. The standard InChI is InChI=1S/C11H10F3NO2/c12-11(13,14)10(3-4-10)6-1-2-7(9(16)17)8(15)5-6/h1-2,5H,3-4,15H2,(H,16,17). The van der Waals surface area contributed by atoms with Gasteiger partial charge in [0.25, 0.3) is 0 Å². The Bertz CT molecular complexity index is 478. The molecule has 0 heterocycles. The van der Waals surface area contributed by atoms with Gasteiger partial charge < -0.3 is 10.8 Å². The van der Waals surface area contributed by atoms with Crippen LogP contribution >= 0.6 is 0 Å². The smallest absolute Gasteiger partial charge is 0.398 e. The molecule has 17 heavy (non-hydrogen) atoms. The van der Waals surface area contributed by atoms with Gasteiger partial charge in [0, 0.05) is 5.69 Å². The summed E-state index contributed by atoms with van der Waals surface area (Å²) in [5.74, 6) is -1.24. The van der Waals surface area contributed by atoms with Crippen LogP contribution in [0.1, 0.15) is 28.8 Å². The summed E-state index contributed by atoms with van der Waals surface area (Å²) in [5.41, 5.74) is 3.36. The number of halogens is 3. The average Bonchev–Trinajstić information content (AvgIpc) is 2.95. The van der Waals surface area contributed by atoms with Crippen LogP contribution in [0.15, 0.2) is 18.2 Å². The van der Waals surface area contributed by atoms with Gasteiger partial charge in [-0.25, -0.2) is 4.79 Å². The molecule has 0 aliphatic heterocycles. The van der Waals surface area contributed by atoms with E-state index in [-0.39, 0.29) is 29.7 Å². The summed E-state index contributed by atoms with van der Waals surface area (Å²) in [6, 6.07) is 3.43. The highest BCUT2D eigenvalue weighted by molar-refractivity contribution is 5.93. The normalized spacial score (nSPS) is 17.8. The first-order valence-corrected chi connectivity index (χ1v) is 4.98. The van der Waals surface area contributed by atoms with Crippen LogP contribution in [0.25, 0.3) is 0 Å². The lowest BCUT2D eigenvalue weighted by Crippen LogP contribution is -2.28. The lowest BCUT2D eigenvalue weighted by Gasteiger charge is -2.20. The summed E-state index contributed by atoms with van der Waals surface area (Å²) < 4.78 is 38.4. The van der Waals surface area contributed by atoms with E-state index in [2.05, 4.69) is 0 Å². The Morgan fingerprint density at radius 1 is 1.35 bits per heavy atom. The first kappa shape index (κ1) is 11.8. The van der Waals surface area contributed by atoms with E-state index in [9.17, 15) is 18.0 Å². The van der Waals surface area contributed by atoms with Crippen LogP contribution in [0.2, 0.25) is 0 Å². The maximum atomic E-state index is 12.8. The van der Waals surface area contributed by atoms with Gasteiger partial charge in [0.05, 0.1) is 11.0 Å². The molecule has 0 atom stereocenters. The molecule has 92 valence electrons. The van der Waals surface area contributed by atoms with Crippen LogP contribution in [0.3, 0.4) is 0 Å². The first-order chi connectivity index (χ1) is 7.78. The molecule has 2 rings (SSSR count). The molecule has 0 unspecified atom stereocenters. The molecule has 1 aromatic rings. The van der Waals surface area contributed by atoms with Crippen molar-refractivity contribution in [1.29, 1.82) is 0 Å². The molecule has 1 fully saturated rings. The number of hydrogen-bond acceptors (Lipinski definition) is 2. The van der Waals surface area contributed by atoms with E-state index in [1.165, 1.54) is 6.07 Å². The van der Waals surface area contributed by atoms with Crippen molar-refractivity contribution in [3.8, 4) is 0 Å². The second kappa shape index (κ2) is 3.38. The van der Waals surface area contributed by atoms with Gasteiger partial charge in [-0.1, -0.05) is 6.07 Å². The predicted molar refractivity (Wildman–Crippen MR) is 54.8 cm³/mol. The van der Waals surface area contributed by atoms with Crippen molar-refractivity contribution in [1.82, 2.24) is 0 Å². The number of carboxylic acid groups (broad SMARTS) is 1. The minimum atomic E-state index is -4.32. The van der Waals surface area contributed by atoms with Gasteiger partial charge in [0.1, 0.15) is 0 Å². The Morgan fingerprint density at radius 2 is 1.94 bits per heavy atom. The fraction of sp³-hybridized carbons (Fsp3) is 0.364.